The lowest BCUT2D eigenvalue weighted by molar-refractivity contribution is -0.138. The first-order valence-corrected chi connectivity index (χ1v) is 44.7. The van der Waals surface area contributed by atoms with Gasteiger partial charge in [-0.25, -0.2) is 43.9 Å². The van der Waals surface area contributed by atoms with Crippen molar-refractivity contribution in [1.82, 2.24) is 38.2 Å². The third-order valence-electron chi connectivity index (χ3n) is 26.6. The van der Waals surface area contributed by atoms with Crippen LogP contribution in [0.15, 0.2) is 377 Å². The Hall–Kier alpha value is -17.8. The maximum Gasteiger partial charge on any atom is 0.416 e. The SMILES string of the molecule is Fc1c(F)c(F)c(-c2c(-n3c4ccccc4c4cc(-c5ccc(-c6ccccc6)nc5)ccc43)cc(C(F)(F)F)cc2-n2c3ccccc3c3cc(-c4cnc(-c5ccccc5)c(-c5cc(-c6ccc7c8ccccc8n(-c8cc(C(F)(F)F)cc(-n9c%10ccccc%10c%10ccc(-c%11ccc(-c%12ccccc%12)nc%11)cc%109)c8-c8c(F)c(F)c(F)c(F)c8F)c7c6)cnc5-c5ccccc5)c4)ccc32)c(F)c1F. The normalized spacial score (nSPS) is 12.1. The van der Waals surface area contributed by atoms with Crippen molar-refractivity contribution in [3.8, 4) is 146 Å². The number of aromatic nitrogens is 8. The molecule has 0 amide bonds. The van der Waals surface area contributed by atoms with Crippen LogP contribution >= 0.6 is 0 Å². The Morgan fingerprint density at radius 2 is 0.430 bits per heavy atom. The van der Waals surface area contributed by atoms with Crippen LogP contribution in [0, 0.1) is 58.2 Å². The minimum absolute atomic E-state index is 0.0870. The van der Waals surface area contributed by atoms with Crippen LogP contribution in [0.1, 0.15) is 11.1 Å². The zero-order chi connectivity index (χ0) is 97.2. The lowest BCUT2D eigenvalue weighted by Gasteiger charge is -2.23. The van der Waals surface area contributed by atoms with E-state index in [2.05, 4.69) is 0 Å². The summed E-state index contributed by atoms with van der Waals surface area (Å²) in [5, 5.41) is 3.19. The molecular weight excluding hydrogens is 1830 g/mol. The van der Waals surface area contributed by atoms with Crippen molar-refractivity contribution in [2.75, 3.05) is 0 Å². The first kappa shape index (κ1) is 87.0. The Morgan fingerprint density at radius 3 is 0.761 bits per heavy atom. The average molecular weight is 1900 g/mol. The van der Waals surface area contributed by atoms with Gasteiger partial charge in [0, 0.05) is 135 Å². The van der Waals surface area contributed by atoms with Crippen LogP contribution in [0.25, 0.3) is 233 Å². The van der Waals surface area contributed by atoms with Crippen LogP contribution in [0.3, 0.4) is 0 Å². The summed E-state index contributed by atoms with van der Waals surface area (Å²) in [5.41, 5.74) is 0.927. The van der Waals surface area contributed by atoms with Gasteiger partial charge in [0.1, 0.15) is 0 Å². The lowest BCUT2D eigenvalue weighted by Crippen LogP contribution is -2.13. The van der Waals surface area contributed by atoms with E-state index in [0.29, 0.717) is 157 Å². The summed E-state index contributed by atoms with van der Waals surface area (Å²) in [6, 6.07) is 96.7. The summed E-state index contributed by atoms with van der Waals surface area (Å²) in [5.74, 6) is -23.8. The van der Waals surface area contributed by atoms with Crippen LogP contribution in [-0.2, 0) is 12.4 Å². The molecule has 8 aromatic heterocycles. The van der Waals surface area contributed by atoms with Gasteiger partial charge in [0.15, 0.2) is 46.5 Å². The highest BCUT2D eigenvalue weighted by molar-refractivity contribution is 6.16. The number of nitrogens with zero attached hydrogens (tertiary/aromatic N) is 8. The highest BCUT2D eigenvalue weighted by Crippen LogP contribution is 2.53. The van der Waals surface area contributed by atoms with Gasteiger partial charge in [-0.15, -0.1) is 0 Å². The predicted octanol–water partition coefficient (Wildman–Crippen LogP) is 33.4. The maximum atomic E-state index is 17.7. The molecule has 142 heavy (non-hydrogen) atoms. The van der Waals surface area contributed by atoms with Crippen LogP contribution in [-0.4, -0.2) is 38.2 Å². The quantitative estimate of drug-likeness (QED) is 0.0582. The molecule has 0 atom stereocenters. The molecule has 8 nitrogen and oxygen atoms in total. The molecule has 8 heterocycles. The molecule has 0 aliphatic carbocycles. The van der Waals surface area contributed by atoms with E-state index in [0.717, 1.165) is 11.1 Å². The monoisotopic (exact) mass is 1890 g/mol. The molecule has 0 aliphatic rings. The van der Waals surface area contributed by atoms with E-state index in [4.69, 9.17) is 19.9 Å². The Kier molecular flexibility index (Phi) is 20.6. The number of rotatable bonds is 15. The molecule has 24 heteroatoms. The summed E-state index contributed by atoms with van der Waals surface area (Å²) in [4.78, 5) is 19.9. The zero-order valence-electron chi connectivity index (χ0n) is 73.4. The largest absolute Gasteiger partial charge is 0.416 e. The fourth-order valence-corrected chi connectivity index (χ4v) is 20.1. The van der Waals surface area contributed by atoms with Crippen molar-refractivity contribution in [3.63, 3.8) is 0 Å². The fraction of sp³-hybridized carbons (Fsp3) is 0.0169. The molecule has 0 spiro atoms. The average Bonchev–Trinajstić information content (AvgIpc) is 1.52. The number of hydrogen-bond acceptors (Lipinski definition) is 4. The molecule has 24 rings (SSSR count). The van der Waals surface area contributed by atoms with E-state index in [1.807, 2.05) is 133 Å². The minimum Gasteiger partial charge on any atom is -0.309 e. The van der Waals surface area contributed by atoms with Crippen LogP contribution in [0.2, 0.25) is 0 Å². The molecule has 24 aromatic rings. The van der Waals surface area contributed by atoms with Crippen molar-refractivity contribution in [1.29, 1.82) is 0 Å². The molecular formula is C118H62F16N8. The van der Waals surface area contributed by atoms with Crippen molar-refractivity contribution in [2.45, 2.75) is 12.4 Å². The van der Waals surface area contributed by atoms with Gasteiger partial charge in [0.05, 0.1) is 112 Å². The molecule has 686 valence electrons. The van der Waals surface area contributed by atoms with Gasteiger partial charge in [-0.2, -0.15) is 26.3 Å². The fourth-order valence-electron chi connectivity index (χ4n) is 20.1. The highest BCUT2D eigenvalue weighted by Gasteiger charge is 2.41. The summed E-state index contributed by atoms with van der Waals surface area (Å²) in [6.45, 7) is 0. The van der Waals surface area contributed by atoms with E-state index < -0.39 is 127 Å². The number of halogens is 16. The van der Waals surface area contributed by atoms with Gasteiger partial charge >= 0.3 is 12.4 Å². The van der Waals surface area contributed by atoms with E-state index in [1.165, 1.54) is 18.3 Å². The van der Waals surface area contributed by atoms with Gasteiger partial charge in [-0.05, 0) is 131 Å². The second-order valence-electron chi connectivity index (χ2n) is 34.6. The van der Waals surface area contributed by atoms with Crippen LogP contribution in [0.5, 0.6) is 0 Å². The Bertz CT molecular complexity index is 9300. The van der Waals surface area contributed by atoms with Gasteiger partial charge < -0.3 is 18.3 Å². The predicted molar refractivity (Wildman–Crippen MR) is 524 cm³/mol. The first-order chi connectivity index (χ1) is 68.9. The third kappa shape index (κ3) is 14.1. The number of para-hydroxylation sites is 4. The van der Waals surface area contributed by atoms with Crippen molar-refractivity contribution in [2.24, 2.45) is 0 Å². The van der Waals surface area contributed by atoms with E-state index in [9.17, 15) is 0 Å². The second-order valence-corrected chi connectivity index (χ2v) is 34.6. The smallest absolute Gasteiger partial charge is 0.309 e. The molecule has 0 fully saturated rings. The zero-order valence-corrected chi connectivity index (χ0v) is 73.4. The molecule has 0 N–H and O–H groups in total. The molecule has 0 unspecified atom stereocenters. The summed E-state index contributed by atoms with van der Waals surface area (Å²) in [6.07, 6.45) is -4.08. The number of pyridine rings is 4. The molecule has 16 aromatic carbocycles. The highest BCUT2D eigenvalue weighted by atomic mass is 19.4. The number of benzene rings is 16. The maximum absolute atomic E-state index is 17.7. The first-order valence-electron chi connectivity index (χ1n) is 44.7. The summed E-state index contributed by atoms with van der Waals surface area (Å²) < 4.78 is 272. The number of hydrogen-bond donors (Lipinski definition) is 0. The molecule has 0 aliphatic heterocycles. The van der Waals surface area contributed by atoms with Gasteiger partial charge in [0.2, 0.25) is 11.6 Å². The third-order valence-corrected chi connectivity index (χ3v) is 26.6. The standard InChI is InChI=1S/C118H62F16N8/c119-105-103(106(120)110(124)113(127)109(105)123)101-97(139-91-35-19-15-31-79(91)83-49-67(41-47-93(83)139)71-39-45-87(135-59-71)63-21-5-1-6-22-63)55-75(117(129,130)131)56-98(101)140-92-36-20-16-32-80(92)84-50-68(42-48-94(84)140)73-51-85(115(137-61-73)65-25-9-3-10-26-65)86-52-74(62-138-116(86)66-27-11-4-12-28-66)70-38-44-82-78-30-14-18-34-90(78)142(96(82)54-70)100-58-76(118(132,133)134)57-99(102(100)104-107(121)111(125)114(128)112(126)108(104)122)141-89-33-17-13-29-77(89)81-43-37-69(53-95(81)141)72-40-46-88(136-60-72)64-23-7-2-8-24-64/h1-62H. The topological polar surface area (TPSA) is 71.3 Å². The number of fused-ring (bicyclic) bond motifs is 12. The van der Waals surface area contributed by atoms with Crippen molar-refractivity contribution in [3.05, 3.63) is 446 Å². The lowest BCUT2D eigenvalue weighted by atomic mass is 9.91. The summed E-state index contributed by atoms with van der Waals surface area (Å²) in [7, 11) is 0. The Balaban J connectivity index is 0.701. The Morgan fingerprint density at radius 1 is 0.176 bits per heavy atom. The van der Waals surface area contributed by atoms with Gasteiger partial charge in [-0.3, -0.25) is 19.9 Å². The van der Waals surface area contributed by atoms with Crippen molar-refractivity contribution < 1.29 is 70.2 Å². The minimum atomic E-state index is -5.28. The van der Waals surface area contributed by atoms with Gasteiger partial charge in [0.25, 0.3) is 0 Å². The second kappa shape index (κ2) is 33.5. The molecule has 0 saturated carbocycles. The van der Waals surface area contributed by atoms with Gasteiger partial charge in [-0.1, -0.05) is 243 Å². The molecule has 0 saturated heterocycles. The Labute approximate surface area is 795 Å². The van der Waals surface area contributed by atoms with E-state index >= 15 is 70.2 Å². The van der Waals surface area contributed by atoms with Crippen LogP contribution < -0.4 is 0 Å². The van der Waals surface area contributed by atoms with E-state index in [1.54, 1.807) is 219 Å². The molecule has 0 bridgehead atoms. The van der Waals surface area contributed by atoms with Crippen LogP contribution in [0.4, 0.5) is 70.2 Å². The summed E-state index contributed by atoms with van der Waals surface area (Å²) >= 11 is 0. The van der Waals surface area contributed by atoms with Crippen molar-refractivity contribution >= 4 is 87.2 Å². The number of alkyl halides is 6. The molecule has 0 radical (unpaired) electrons. The van der Waals surface area contributed by atoms with E-state index in [-0.39, 0.29) is 44.1 Å².